The number of carbonyl (C=O) groups is 4. The van der Waals surface area contributed by atoms with Gasteiger partial charge in [-0.3, -0.25) is 4.79 Å². The van der Waals surface area contributed by atoms with Crippen LogP contribution in [0.2, 0.25) is 0 Å². The molecule has 0 spiro atoms. The van der Waals surface area contributed by atoms with Crippen molar-refractivity contribution in [2.75, 3.05) is 14.2 Å². The number of carbonyl (C=O) groups excluding carboxylic acids is 3. The molecule has 0 aliphatic rings. The molecule has 0 saturated heterocycles. The summed E-state index contributed by atoms with van der Waals surface area (Å²) in [6, 6.07) is 13.6. The first kappa shape index (κ1) is 37.2. The number of nitrogens with one attached hydrogen (secondary N) is 1. The van der Waals surface area contributed by atoms with Gasteiger partial charge in [-0.15, -0.1) is 0 Å². The second kappa shape index (κ2) is 18.5. The summed E-state index contributed by atoms with van der Waals surface area (Å²) in [5, 5.41) is 29.1. The molecule has 41 heavy (non-hydrogen) atoms. The van der Waals surface area contributed by atoms with Crippen molar-refractivity contribution in [3.63, 3.8) is 0 Å². The number of aliphatic hydroxyl groups excluding tert-OH is 2. The molecule has 6 N–H and O–H groups in total. The fraction of sp³-hybridized carbons (Fsp3) is 0.467. The van der Waals surface area contributed by atoms with Crippen LogP contribution in [0.15, 0.2) is 48.5 Å². The minimum absolute atomic E-state index is 0.00769. The van der Waals surface area contributed by atoms with E-state index in [1.165, 1.54) is 14.2 Å². The number of methoxy groups -OCH3 is 2. The number of aliphatic carboxylic acids is 1. The average Bonchev–Trinajstić information content (AvgIpc) is 2.95. The number of ether oxygens (including phenoxy) is 2. The van der Waals surface area contributed by atoms with Gasteiger partial charge in [0.05, 0.1) is 31.4 Å². The Morgan fingerprint density at radius 2 is 1.05 bits per heavy atom. The van der Waals surface area contributed by atoms with Gasteiger partial charge in [0.25, 0.3) is 0 Å². The molecular weight excluding hydrogens is 532 g/mol. The molecule has 1 amide bonds. The molecule has 2 aromatic carbocycles. The lowest BCUT2D eigenvalue weighted by molar-refractivity contribution is -0.148. The normalized spacial score (nSPS) is 13.3. The SMILES string of the molecule is CC(C)[C@@H](O)C(=O)O.COC(=O)c1ccc([C@H](C)N)cc1.COC(=O)c1ccc([C@H](C)NC(=O)[C@H](O)C(C)C)cc1. The summed E-state index contributed by atoms with van der Waals surface area (Å²) in [6.45, 7) is 10.6. The number of benzene rings is 2. The van der Waals surface area contributed by atoms with Crippen molar-refractivity contribution >= 4 is 23.8 Å². The van der Waals surface area contributed by atoms with E-state index in [-0.39, 0.29) is 29.9 Å². The molecule has 0 fully saturated rings. The maximum Gasteiger partial charge on any atom is 0.337 e. The zero-order valence-corrected chi connectivity index (χ0v) is 25.0. The van der Waals surface area contributed by atoms with Crippen LogP contribution in [-0.4, -0.2) is 65.6 Å². The standard InChI is InChI=1S/C15H21NO4.C10H13NO2.C5H10O3/c1-9(2)13(17)14(18)16-10(3)11-5-7-12(8-6-11)15(19)20-4;1-7(11)8-3-5-9(6-4-8)10(12)13-2;1-3(2)4(6)5(7)8/h5-10,13,17H,1-4H3,(H,16,18);3-7H,11H2,1-2H3;3-4,6H,1-2H3,(H,7,8)/t10-,13+;7-;4-/m001/s1. The van der Waals surface area contributed by atoms with E-state index < -0.39 is 30.1 Å². The van der Waals surface area contributed by atoms with Crippen LogP contribution in [0.3, 0.4) is 0 Å². The van der Waals surface area contributed by atoms with Gasteiger partial charge in [-0.1, -0.05) is 52.0 Å². The van der Waals surface area contributed by atoms with Gasteiger partial charge in [-0.2, -0.15) is 0 Å². The van der Waals surface area contributed by atoms with Gasteiger partial charge in [-0.05, 0) is 61.1 Å². The number of esters is 2. The maximum atomic E-state index is 11.8. The molecule has 228 valence electrons. The molecule has 0 heterocycles. The number of rotatable bonds is 9. The predicted molar refractivity (Wildman–Crippen MR) is 154 cm³/mol. The Balaban J connectivity index is 0.000000652. The lowest BCUT2D eigenvalue weighted by atomic mass is 10.0. The highest BCUT2D eigenvalue weighted by atomic mass is 16.5. The Morgan fingerprint density at radius 1 is 0.683 bits per heavy atom. The molecule has 0 radical (unpaired) electrons. The first-order chi connectivity index (χ1) is 19.1. The van der Waals surface area contributed by atoms with E-state index in [4.69, 9.17) is 15.9 Å². The van der Waals surface area contributed by atoms with Gasteiger partial charge in [0, 0.05) is 6.04 Å². The molecule has 0 aromatic heterocycles. The van der Waals surface area contributed by atoms with Gasteiger partial charge < -0.3 is 35.8 Å². The molecule has 2 aromatic rings. The van der Waals surface area contributed by atoms with Crippen LogP contribution < -0.4 is 11.1 Å². The topological polar surface area (TPSA) is 185 Å². The number of carboxylic acid groups (broad SMARTS) is 1. The molecular formula is C30H44N2O9. The summed E-state index contributed by atoms with van der Waals surface area (Å²) in [5.74, 6) is -2.61. The number of carboxylic acids is 1. The van der Waals surface area contributed by atoms with Crippen LogP contribution in [-0.2, 0) is 19.1 Å². The zero-order valence-electron chi connectivity index (χ0n) is 25.0. The summed E-state index contributed by atoms with van der Waals surface area (Å²) >= 11 is 0. The van der Waals surface area contributed by atoms with E-state index in [1.54, 1.807) is 64.1 Å². The van der Waals surface area contributed by atoms with Crippen molar-refractivity contribution in [3.8, 4) is 0 Å². The minimum atomic E-state index is -1.21. The third-order valence-corrected chi connectivity index (χ3v) is 5.83. The molecule has 0 bridgehead atoms. The molecule has 0 aliphatic heterocycles. The molecule has 0 unspecified atom stereocenters. The van der Waals surface area contributed by atoms with Gasteiger partial charge in [-0.25, -0.2) is 14.4 Å². The molecule has 0 aliphatic carbocycles. The smallest absolute Gasteiger partial charge is 0.337 e. The Bertz CT molecular complexity index is 1100. The molecule has 11 nitrogen and oxygen atoms in total. The van der Waals surface area contributed by atoms with Crippen LogP contribution in [0.4, 0.5) is 0 Å². The second-order valence-corrected chi connectivity index (χ2v) is 9.96. The molecule has 2 rings (SSSR count). The maximum absolute atomic E-state index is 11.8. The van der Waals surface area contributed by atoms with Crippen molar-refractivity contribution in [3.05, 3.63) is 70.8 Å². The van der Waals surface area contributed by atoms with Crippen molar-refractivity contribution in [1.29, 1.82) is 0 Å². The lowest BCUT2D eigenvalue weighted by Gasteiger charge is -2.19. The fourth-order valence-corrected chi connectivity index (χ4v) is 3.04. The molecule has 0 saturated carbocycles. The summed E-state index contributed by atoms with van der Waals surface area (Å²) in [6.07, 6.45) is -2.23. The number of hydrogen-bond donors (Lipinski definition) is 5. The van der Waals surface area contributed by atoms with Gasteiger partial charge >= 0.3 is 17.9 Å². The van der Waals surface area contributed by atoms with Gasteiger partial charge in [0.1, 0.15) is 6.10 Å². The van der Waals surface area contributed by atoms with E-state index in [0.29, 0.717) is 11.1 Å². The van der Waals surface area contributed by atoms with Gasteiger partial charge in [0.2, 0.25) is 5.91 Å². The highest BCUT2D eigenvalue weighted by molar-refractivity contribution is 5.89. The van der Waals surface area contributed by atoms with Crippen molar-refractivity contribution in [1.82, 2.24) is 5.32 Å². The van der Waals surface area contributed by atoms with Crippen molar-refractivity contribution in [2.24, 2.45) is 17.6 Å². The van der Waals surface area contributed by atoms with Crippen LogP contribution in [0.5, 0.6) is 0 Å². The van der Waals surface area contributed by atoms with E-state index in [2.05, 4.69) is 14.8 Å². The largest absolute Gasteiger partial charge is 0.479 e. The summed E-state index contributed by atoms with van der Waals surface area (Å²) in [7, 11) is 2.69. The molecule has 4 atom stereocenters. The van der Waals surface area contributed by atoms with Gasteiger partial charge in [0.15, 0.2) is 6.10 Å². The Hall–Kier alpha value is -3.80. The Morgan fingerprint density at radius 3 is 1.32 bits per heavy atom. The first-order valence-corrected chi connectivity index (χ1v) is 13.1. The van der Waals surface area contributed by atoms with E-state index in [0.717, 1.165) is 11.1 Å². The summed E-state index contributed by atoms with van der Waals surface area (Å²) in [4.78, 5) is 44.0. The minimum Gasteiger partial charge on any atom is -0.479 e. The van der Waals surface area contributed by atoms with Crippen LogP contribution in [0.25, 0.3) is 0 Å². The number of aliphatic hydroxyl groups is 2. The van der Waals surface area contributed by atoms with Crippen LogP contribution >= 0.6 is 0 Å². The highest BCUT2D eigenvalue weighted by Gasteiger charge is 2.21. The average molecular weight is 577 g/mol. The lowest BCUT2D eigenvalue weighted by Crippen LogP contribution is -2.38. The Labute approximate surface area is 241 Å². The monoisotopic (exact) mass is 576 g/mol. The predicted octanol–water partition coefficient (Wildman–Crippen LogP) is 3.25. The third-order valence-electron chi connectivity index (χ3n) is 5.83. The highest BCUT2D eigenvalue weighted by Crippen LogP contribution is 2.15. The second-order valence-electron chi connectivity index (χ2n) is 9.96. The summed E-state index contributed by atoms with van der Waals surface area (Å²) < 4.78 is 9.18. The third kappa shape index (κ3) is 13.4. The summed E-state index contributed by atoms with van der Waals surface area (Å²) in [5.41, 5.74) is 8.52. The quantitative estimate of drug-likeness (QED) is 0.278. The van der Waals surface area contributed by atoms with E-state index in [9.17, 15) is 24.3 Å². The van der Waals surface area contributed by atoms with Crippen molar-refractivity contribution < 1.29 is 44.0 Å². The zero-order chi connectivity index (χ0) is 31.9. The van der Waals surface area contributed by atoms with Crippen LogP contribution in [0, 0.1) is 11.8 Å². The van der Waals surface area contributed by atoms with Crippen molar-refractivity contribution in [2.45, 2.75) is 65.8 Å². The number of nitrogens with two attached hydrogens (primary N) is 1. The van der Waals surface area contributed by atoms with E-state index >= 15 is 0 Å². The first-order valence-electron chi connectivity index (χ1n) is 13.1. The fourth-order valence-electron chi connectivity index (χ4n) is 3.04. The Kier molecular flexibility index (Phi) is 16.8. The van der Waals surface area contributed by atoms with Crippen LogP contribution in [0.1, 0.15) is 85.5 Å². The number of hydrogen-bond acceptors (Lipinski definition) is 9. The van der Waals surface area contributed by atoms with E-state index in [1.807, 2.05) is 26.0 Å². The molecule has 11 heteroatoms. The number of amides is 1.